The summed E-state index contributed by atoms with van der Waals surface area (Å²) in [5, 5.41) is 0. The van der Waals surface area contributed by atoms with Gasteiger partial charge in [0.1, 0.15) is 0 Å². The molecule has 0 amide bonds. The number of halogens is 2. The van der Waals surface area contributed by atoms with Crippen molar-refractivity contribution in [2.75, 3.05) is 7.11 Å². The maximum absolute atomic E-state index is 14.2. The van der Waals surface area contributed by atoms with Gasteiger partial charge in [-0.15, -0.1) is 0 Å². The summed E-state index contributed by atoms with van der Waals surface area (Å²) in [6.45, 7) is 2.32. The van der Waals surface area contributed by atoms with Crippen molar-refractivity contribution in [1.82, 2.24) is 0 Å². The molecule has 3 fully saturated rings. The molecular weight excluding hydrogens is 366 g/mol. The van der Waals surface area contributed by atoms with E-state index in [1.165, 1.54) is 83.5 Å². The SMILES string of the molecule is CCCC1CCC(C2CCC3CC(c4cc(F)c(OC)c(F)c4)CCC3C2)CC1. The van der Waals surface area contributed by atoms with Crippen LogP contribution in [0.1, 0.15) is 95.5 Å². The van der Waals surface area contributed by atoms with E-state index in [9.17, 15) is 8.78 Å². The van der Waals surface area contributed by atoms with E-state index >= 15 is 0 Å². The Kier molecular flexibility index (Phi) is 6.81. The van der Waals surface area contributed by atoms with Gasteiger partial charge < -0.3 is 4.74 Å². The van der Waals surface area contributed by atoms with Crippen LogP contribution in [0.3, 0.4) is 0 Å². The van der Waals surface area contributed by atoms with Gasteiger partial charge in [0.05, 0.1) is 7.11 Å². The van der Waals surface area contributed by atoms with Crippen molar-refractivity contribution >= 4 is 0 Å². The minimum atomic E-state index is -0.563. The lowest BCUT2D eigenvalue weighted by Crippen LogP contribution is -2.34. The molecule has 0 N–H and O–H groups in total. The second kappa shape index (κ2) is 9.35. The fourth-order valence-electron chi connectivity index (χ4n) is 7.02. The van der Waals surface area contributed by atoms with Crippen LogP contribution < -0.4 is 4.74 Å². The van der Waals surface area contributed by atoms with Gasteiger partial charge in [-0.25, -0.2) is 8.78 Å². The second-order valence-corrected chi connectivity index (χ2v) is 10.2. The molecule has 0 saturated heterocycles. The molecule has 3 saturated carbocycles. The standard InChI is InChI=1S/C26H38F2O/c1-3-4-17-5-7-18(8-6-17)19-9-10-21-14-22(12-11-20(21)13-19)23-15-24(27)26(29-2)25(28)16-23/h15-22H,3-14H2,1-2H3. The van der Waals surface area contributed by atoms with Crippen LogP contribution in [-0.2, 0) is 0 Å². The lowest BCUT2D eigenvalue weighted by Gasteiger charge is -2.45. The van der Waals surface area contributed by atoms with Gasteiger partial charge in [0.15, 0.2) is 17.4 Å². The maximum Gasteiger partial charge on any atom is 0.190 e. The first-order valence-corrected chi connectivity index (χ1v) is 12.1. The number of rotatable bonds is 5. The molecule has 3 aliphatic carbocycles. The highest BCUT2D eigenvalue weighted by Gasteiger charge is 2.39. The third-order valence-corrected chi connectivity index (χ3v) is 8.60. The minimum absolute atomic E-state index is 0.253. The highest BCUT2D eigenvalue weighted by molar-refractivity contribution is 5.33. The maximum atomic E-state index is 14.2. The largest absolute Gasteiger partial charge is 0.491 e. The van der Waals surface area contributed by atoms with E-state index in [1.54, 1.807) is 0 Å². The third-order valence-electron chi connectivity index (χ3n) is 8.60. The molecule has 0 spiro atoms. The summed E-state index contributed by atoms with van der Waals surface area (Å²) in [4.78, 5) is 0. The highest BCUT2D eigenvalue weighted by Crippen LogP contribution is 2.51. The summed E-state index contributed by atoms with van der Waals surface area (Å²) in [5.74, 6) is 3.40. The number of hydrogen-bond acceptors (Lipinski definition) is 1. The molecule has 0 heterocycles. The fraction of sp³-hybridized carbons (Fsp3) is 0.769. The zero-order valence-electron chi connectivity index (χ0n) is 18.3. The third kappa shape index (κ3) is 4.64. The summed E-state index contributed by atoms with van der Waals surface area (Å²) in [7, 11) is 1.32. The topological polar surface area (TPSA) is 9.23 Å². The number of benzene rings is 1. The van der Waals surface area contributed by atoms with Crippen LogP contribution in [0.5, 0.6) is 5.75 Å². The van der Waals surface area contributed by atoms with Gasteiger partial charge in [-0.1, -0.05) is 32.6 Å². The average Bonchev–Trinajstić information content (AvgIpc) is 2.73. The number of ether oxygens (including phenoxy) is 1. The van der Waals surface area contributed by atoms with Crippen molar-refractivity contribution in [3.05, 3.63) is 29.3 Å². The molecule has 3 aliphatic rings. The molecule has 1 aromatic rings. The van der Waals surface area contributed by atoms with E-state index in [0.717, 1.165) is 48.0 Å². The molecule has 29 heavy (non-hydrogen) atoms. The Morgan fingerprint density at radius 1 is 0.793 bits per heavy atom. The Labute approximate surface area is 175 Å². The predicted molar refractivity (Wildman–Crippen MR) is 114 cm³/mol. The van der Waals surface area contributed by atoms with Crippen LogP contribution in [0, 0.1) is 41.2 Å². The first-order chi connectivity index (χ1) is 14.1. The summed E-state index contributed by atoms with van der Waals surface area (Å²) in [6, 6.07) is 3.01. The molecular formula is C26H38F2O. The Morgan fingerprint density at radius 2 is 1.34 bits per heavy atom. The molecule has 0 aliphatic heterocycles. The fourth-order valence-corrected chi connectivity index (χ4v) is 7.02. The Morgan fingerprint density at radius 3 is 1.97 bits per heavy atom. The predicted octanol–water partition coefficient (Wildman–Crippen LogP) is 7.88. The molecule has 4 atom stereocenters. The van der Waals surface area contributed by atoms with E-state index in [2.05, 4.69) is 6.92 Å². The Bertz CT molecular complexity index is 656. The molecule has 4 unspecified atom stereocenters. The van der Waals surface area contributed by atoms with Gasteiger partial charge in [0.25, 0.3) is 0 Å². The highest BCUT2D eigenvalue weighted by atomic mass is 19.1. The first kappa shape index (κ1) is 21.1. The van der Waals surface area contributed by atoms with Crippen molar-refractivity contribution in [2.45, 2.75) is 89.9 Å². The number of fused-ring (bicyclic) bond motifs is 1. The summed E-state index contributed by atoms with van der Waals surface area (Å²) < 4.78 is 33.2. The van der Waals surface area contributed by atoms with Crippen LogP contribution in [0.2, 0.25) is 0 Å². The Hall–Kier alpha value is -1.12. The molecule has 0 radical (unpaired) electrons. The van der Waals surface area contributed by atoms with E-state index in [1.807, 2.05) is 0 Å². The molecule has 0 bridgehead atoms. The van der Waals surface area contributed by atoms with Crippen LogP contribution in [0.25, 0.3) is 0 Å². The molecule has 4 rings (SSSR count). The molecule has 1 aromatic carbocycles. The van der Waals surface area contributed by atoms with Crippen LogP contribution in [0.4, 0.5) is 8.78 Å². The van der Waals surface area contributed by atoms with E-state index in [0.29, 0.717) is 5.92 Å². The zero-order chi connectivity index (χ0) is 20.4. The smallest absolute Gasteiger partial charge is 0.190 e. The van der Waals surface area contributed by atoms with E-state index in [4.69, 9.17) is 4.74 Å². The lowest BCUT2D eigenvalue weighted by atomic mass is 9.60. The summed E-state index contributed by atoms with van der Waals surface area (Å²) >= 11 is 0. The Balaban J connectivity index is 1.33. The van der Waals surface area contributed by atoms with Crippen molar-refractivity contribution in [3.8, 4) is 5.75 Å². The van der Waals surface area contributed by atoms with Crippen LogP contribution in [0.15, 0.2) is 12.1 Å². The van der Waals surface area contributed by atoms with Crippen LogP contribution in [-0.4, -0.2) is 7.11 Å². The normalized spacial score (nSPS) is 35.2. The monoisotopic (exact) mass is 404 g/mol. The van der Waals surface area contributed by atoms with E-state index in [-0.39, 0.29) is 5.75 Å². The van der Waals surface area contributed by atoms with Crippen molar-refractivity contribution in [2.24, 2.45) is 29.6 Å². The van der Waals surface area contributed by atoms with Crippen molar-refractivity contribution < 1.29 is 13.5 Å². The van der Waals surface area contributed by atoms with Gasteiger partial charge >= 0.3 is 0 Å². The van der Waals surface area contributed by atoms with Gasteiger partial charge in [0.2, 0.25) is 0 Å². The quantitative estimate of drug-likeness (QED) is 0.485. The van der Waals surface area contributed by atoms with Gasteiger partial charge in [-0.3, -0.25) is 0 Å². The van der Waals surface area contributed by atoms with Gasteiger partial charge in [-0.2, -0.15) is 0 Å². The minimum Gasteiger partial charge on any atom is -0.491 e. The molecule has 1 nitrogen and oxygen atoms in total. The van der Waals surface area contributed by atoms with Crippen molar-refractivity contribution in [3.63, 3.8) is 0 Å². The second-order valence-electron chi connectivity index (χ2n) is 10.2. The average molecular weight is 405 g/mol. The first-order valence-electron chi connectivity index (χ1n) is 12.1. The lowest BCUT2D eigenvalue weighted by molar-refractivity contribution is 0.0711. The van der Waals surface area contributed by atoms with Crippen molar-refractivity contribution in [1.29, 1.82) is 0 Å². The molecule has 3 heteroatoms. The number of methoxy groups -OCH3 is 1. The number of hydrogen-bond donors (Lipinski definition) is 0. The molecule has 0 aromatic heterocycles. The molecule has 162 valence electrons. The van der Waals surface area contributed by atoms with Gasteiger partial charge in [0, 0.05) is 0 Å². The zero-order valence-corrected chi connectivity index (χ0v) is 18.3. The van der Waals surface area contributed by atoms with E-state index < -0.39 is 11.6 Å². The van der Waals surface area contributed by atoms with Crippen LogP contribution >= 0.6 is 0 Å². The van der Waals surface area contributed by atoms with Gasteiger partial charge in [-0.05, 0) is 105 Å². The summed E-state index contributed by atoms with van der Waals surface area (Å²) in [5.41, 5.74) is 0.829. The summed E-state index contributed by atoms with van der Waals surface area (Å²) in [6.07, 6.45) is 16.1.